The third-order valence-corrected chi connectivity index (χ3v) is 3.61. The number of amides is 1. The first-order chi connectivity index (χ1) is 8.65. The maximum Gasteiger partial charge on any atom is 0.245 e. The van der Waals surface area contributed by atoms with Crippen molar-refractivity contribution in [2.75, 3.05) is 13.1 Å². The molecule has 1 unspecified atom stereocenters. The highest BCUT2D eigenvalue weighted by Gasteiger charge is 2.32. The molecule has 1 atom stereocenters. The highest BCUT2D eigenvalue weighted by atomic mass is 16.3. The van der Waals surface area contributed by atoms with Gasteiger partial charge in [-0.25, -0.2) is 0 Å². The van der Waals surface area contributed by atoms with Crippen molar-refractivity contribution in [3.05, 3.63) is 48.6 Å². The van der Waals surface area contributed by atoms with Gasteiger partial charge in [-0.3, -0.25) is 4.79 Å². The number of nitrogens with zero attached hydrogens (tertiary/aromatic N) is 1. The minimum Gasteiger partial charge on any atom is -0.385 e. The molecule has 1 aromatic carbocycles. The molecule has 0 saturated carbocycles. The summed E-state index contributed by atoms with van der Waals surface area (Å²) in [5.74, 6) is -0.0488. The van der Waals surface area contributed by atoms with E-state index in [1.54, 1.807) is 4.90 Å². The molecule has 18 heavy (non-hydrogen) atoms. The molecule has 1 heterocycles. The molecule has 1 aliphatic rings. The quantitative estimate of drug-likeness (QED) is 0.810. The summed E-state index contributed by atoms with van der Waals surface area (Å²) in [6.07, 6.45) is 3.42. The van der Waals surface area contributed by atoms with Gasteiger partial charge in [0.05, 0.1) is 5.60 Å². The van der Waals surface area contributed by atoms with Crippen LogP contribution in [-0.2, 0) is 10.4 Å². The molecule has 1 amide bonds. The molecule has 0 radical (unpaired) electrons. The lowest BCUT2D eigenvalue weighted by Gasteiger charge is -2.27. The van der Waals surface area contributed by atoms with Gasteiger partial charge >= 0.3 is 0 Å². The number of benzene rings is 1. The average Bonchev–Trinajstić information content (AvgIpc) is 2.62. The maximum atomic E-state index is 11.6. The van der Waals surface area contributed by atoms with Gasteiger partial charge in [-0.05, 0) is 30.9 Å². The number of hydrogen-bond acceptors (Lipinski definition) is 2. The minimum atomic E-state index is -0.808. The Labute approximate surface area is 108 Å². The molecule has 2 rings (SSSR count). The van der Waals surface area contributed by atoms with E-state index in [-0.39, 0.29) is 5.91 Å². The van der Waals surface area contributed by atoms with Gasteiger partial charge in [0.1, 0.15) is 0 Å². The van der Waals surface area contributed by atoms with Crippen molar-refractivity contribution in [3.8, 4) is 0 Å². The smallest absolute Gasteiger partial charge is 0.245 e. The normalized spacial score (nSPS) is 24.4. The van der Waals surface area contributed by atoms with E-state index in [1.807, 2.05) is 30.3 Å². The largest absolute Gasteiger partial charge is 0.385 e. The fraction of sp³-hybridized carbons (Fsp3) is 0.400. The molecule has 3 nitrogen and oxygen atoms in total. The molecule has 1 saturated heterocycles. The molecule has 3 heteroatoms. The zero-order chi connectivity index (χ0) is 13.0. The van der Waals surface area contributed by atoms with E-state index >= 15 is 0 Å². The standard InChI is InChI=1S/C15H19NO2/c1-2-14(17)16-11-6-9-15(18,10-12-16)13-7-4-3-5-8-13/h2-5,7-8,18H,1,6,9-12H2. The second-order valence-electron chi connectivity index (χ2n) is 4.78. The van der Waals surface area contributed by atoms with Crippen molar-refractivity contribution in [1.82, 2.24) is 4.90 Å². The zero-order valence-corrected chi connectivity index (χ0v) is 10.5. The third-order valence-electron chi connectivity index (χ3n) is 3.61. The van der Waals surface area contributed by atoms with Crippen LogP contribution in [0.25, 0.3) is 0 Å². The van der Waals surface area contributed by atoms with E-state index in [0.717, 1.165) is 12.0 Å². The van der Waals surface area contributed by atoms with Gasteiger partial charge in [-0.15, -0.1) is 0 Å². The van der Waals surface area contributed by atoms with Gasteiger partial charge in [-0.2, -0.15) is 0 Å². The summed E-state index contributed by atoms with van der Waals surface area (Å²) in [4.78, 5) is 13.4. The van der Waals surface area contributed by atoms with Gasteiger partial charge < -0.3 is 10.0 Å². The Bertz CT molecular complexity index is 429. The Balaban J connectivity index is 2.13. The summed E-state index contributed by atoms with van der Waals surface area (Å²) < 4.78 is 0. The number of rotatable bonds is 2. The van der Waals surface area contributed by atoms with Crippen molar-refractivity contribution in [3.63, 3.8) is 0 Å². The van der Waals surface area contributed by atoms with E-state index in [0.29, 0.717) is 25.9 Å². The second kappa shape index (κ2) is 5.36. The Hall–Kier alpha value is -1.61. The van der Waals surface area contributed by atoms with Gasteiger partial charge in [-0.1, -0.05) is 36.9 Å². The maximum absolute atomic E-state index is 11.6. The summed E-state index contributed by atoms with van der Waals surface area (Å²) >= 11 is 0. The van der Waals surface area contributed by atoms with Crippen LogP contribution in [0.3, 0.4) is 0 Å². The summed E-state index contributed by atoms with van der Waals surface area (Å²) in [6.45, 7) is 4.78. The lowest BCUT2D eigenvalue weighted by atomic mass is 9.87. The molecule has 1 aromatic rings. The molecule has 0 aliphatic carbocycles. The molecule has 1 aliphatic heterocycles. The number of aliphatic hydroxyl groups is 1. The van der Waals surface area contributed by atoms with E-state index in [1.165, 1.54) is 6.08 Å². The van der Waals surface area contributed by atoms with Crippen LogP contribution in [0.4, 0.5) is 0 Å². The Morgan fingerprint density at radius 2 is 2.00 bits per heavy atom. The lowest BCUT2D eigenvalue weighted by Crippen LogP contribution is -2.32. The number of carbonyl (C=O) groups is 1. The molecule has 96 valence electrons. The summed E-state index contributed by atoms with van der Waals surface area (Å²) in [5.41, 5.74) is 0.134. The first kappa shape index (κ1) is 12.8. The number of likely N-dealkylation sites (tertiary alicyclic amines) is 1. The first-order valence-electron chi connectivity index (χ1n) is 6.35. The lowest BCUT2D eigenvalue weighted by molar-refractivity contribution is -0.126. The SMILES string of the molecule is C=CC(=O)N1CCCC(O)(c2ccccc2)CC1. The van der Waals surface area contributed by atoms with Crippen LogP contribution in [0, 0.1) is 0 Å². The fourth-order valence-corrected chi connectivity index (χ4v) is 2.51. The van der Waals surface area contributed by atoms with Crippen LogP contribution >= 0.6 is 0 Å². The molecule has 1 fully saturated rings. The molecule has 0 spiro atoms. The van der Waals surface area contributed by atoms with Crippen LogP contribution in [0.15, 0.2) is 43.0 Å². The van der Waals surface area contributed by atoms with E-state index in [2.05, 4.69) is 6.58 Å². The number of hydrogen-bond donors (Lipinski definition) is 1. The Kier molecular flexibility index (Phi) is 3.82. The molecule has 0 aromatic heterocycles. The zero-order valence-electron chi connectivity index (χ0n) is 10.5. The fourth-order valence-electron chi connectivity index (χ4n) is 2.51. The topological polar surface area (TPSA) is 40.5 Å². The highest BCUT2D eigenvalue weighted by Crippen LogP contribution is 2.32. The Morgan fingerprint density at radius 3 is 2.67 bits per heavy atom. The highest BCUT2D eigenvalue weighted by molar-refractivity contribution is 5.87. The predicted molar refractivity (Wildman–Crippen MR) is 71.0 cm³/mol. The summed E-state index contributed by atoms with van der Waals surface area (Å²) in [7, 11) is 0. The van der Waals surface area contributed by atoms with Crippen molar-refractivity contribution >= 4 is 5.91 Å². The van der Waals surface area contributed by atoms with Crippen molar-refractivity contribution in [2.45, 2.75) is 24.9 Å². The molecular formula is C15H19NO2. The monoisotopic (exact) mass is 245 g/mol. The van der Waals surface area contributed by atoms with Crippen molar-refractivity contribution < 1.29 is 9.90 Å². The number of carbonyl (C=O) groups excluding carboxylic acids is 1. The van der Waals surface area contributed by atoms with Crippen molar-refractivity contribution in [1.29, 1.82) is 0 Å². The van der Waals surface area contributed by atoms with Crippen LogP contribution in [-0.4, -0.2) is 29.0 Å². The van der Waals surface area contributed by atoms with Crippen LogP contribution in [0.5, 0.6) is 0 Å². The Morgan fingerprint density at radius 1 is 1.28 bits per heavy atom. The van der Waals surface area contributed by atoms with Crippen LogP contribution < -0.4 is 0 Å². The molecule has 0 bridgehead atoms. The van der Waals surface area contributed by atoms with Crippen LogP contribution in [0.1, 0.15) is 24.8 Å². The predicted octanol–water partition coefficient (Wildman–Crippen LogP) is 2.07. The minimum absolute atomic E-state index is 0.0488. The summed E-state index contributed by atoms with van der Waals surface area (Å²) in [5, 5.41) is 10.7. The summed E-state index contributed by atoms with van der Waals surface area (Å²) in [6, 6.07) is 9.71. The third kappa shape index (κ3) is 2.62. The first-order valence-corrected chi connectivity index (χ1v) is 6.35. The van der Waals surface area contributed by atoms with Gasteiger partial charge in [0, 0.05) is 13.1 Å². The van der Waals surface area contributed by atoms with Gasteiger partial charge in [0.15, 0.2) is 0 Å². The van der Waals surface area contributed by atoms with E-state index in [9.17, 15) is 9.90 Å². The second-order valence-corrected chi connectivity index (χ2v) is 4.78. The van der Waals surface area contributed by atoms with E-state index < -0.39 is 5.60 Å². The van der Waals surface area contributed by atoms with Gasteiger partial charge in [0.2, 0.25) is 5.91 Å². The van der Waals surface area contributed by atoms with Gasteiger partial charge in [0.25, 0.3) is 0 Å². The van der Waals surface area contributed by atoms with E-state index in [4.69, 9.17) is 0 Å². The average molecular weight is 245 g/mol. The van der Waals surface area contributed by atoms with Crippen LogP contribution in [0.2, 0.25) is 0 Å². The molecule has 1 N–H and O–H groups in total. The van der Waals surface area contributed by atoms with Crippen molar-refractivity contribution in [2.24, 2.45) is 0 Å². The molecular weight excluding hydrogens is 226 g/mol.